The molecule has 1 N–H and O–H groups in total. The van der Waals surface area contributed by atoms with Gasteiger partial charge in [-0.1, -0.05) is 13.8 Å². The maximum atomic E-state index is 16.6. The molecule has 0 saturated carbocycles. The molecular formula is C37H41F8N3O4. The summed E-state index contributed by atoms with van der Waals surface area (Å²) >= 11 is 0. The zero-order valence-corrected chi connectivity index (χ0v) is 29.4. The van der Waals surface area contributed by atoms with Crippen molar-refractivity contribution in [2.45, 2.75) is 84.7 Å². The Hall–Kier alpha value is -4.27. The van der Waals surface area contributed by atoms with Gasteiger partial charge in [0.25, 0.3) is 5.56 Å². The minimum absolute atomic E-state index is 0.0350. The molecule has 0 radical (unpaired) electrons. The summed E-state index contributed by atoms with van der Waals surface area (Å²) in [6.07, 6.45) is -9.07. The van der Waals surface area contributed by atoms with Gasteiger partial charge in [0.2, 0.25) is 5.91 Å². The van der Waals surface area contributed by atoms with Crippen molar-refractivity contribution in [2.24, 2.45) is 5.92 Å². The number of nitrogens with one attached hydrogen (secondary N) is 1. The highest BCUT2D eigenvalue weighted by atomic mass is 19.4. The van der Waals surface area contributed by atoms with Crippen LogP contribution >= 0.6 is 0 Å². The molecule has 2 aromatic carbocycles. The standard InChI is InChI=1S/C37H41F8N3O4/c1-6-52-32(50)18-29(26-15-24(36(40,41)42)16-27(34(26)39)33-21(4)13-25(38)14-22(33)5)46-35(51)30(12-20(2)3)48-19-23(8-11-47-9-7-10-47)28(17-31(48)49)37(43,44)45/h13-17,19-20,29-30H,6-12,18H2,1-5H3,(H,46,51)/t29-,30?/m0/s1. The van der Waals surface area contributed by atoms with Crippen LogP contribution in [0.15, 0.2) is 41.3 Å². The molecule has 0 aliphatic carbocycles. The molecule has 1 aliphatic heterocycles. The third kappa shape index (κ3) is 9.58. The molecule has 2 heterocycles. The zero-order chi connectivity index (χ0) is 38.7. The van der Waals surface area contributed by atoms with Crippen LogP contribution < -0.4 is 10.9 Å². The van der Waals surface area contributed by atoms with Crippen molar-refractivity contribution >= 4 is 11.9 Å². The van der Waals surface area contributed by atoms with E-state index in [1.54, 1.807) is 13.8 Å². The fourth-order valence-corrected chi connectivity index (χ4v) is 6.45. The van der Waals surface area contributed by atoms with Gasteiger partial charge < -0.3 is 19.5 Å². The van der Waals surface area contributed by atoms with E-state index in [-0.39, 0.29) is 54.2 Å². The number of aromatic nitrogens is 1. The number of likely N-dealkylation sites (tertiary alicyclic amines) is 1. The first-order chi connectivity index (χ1) is 24.2. The highest BCUT2D eigenvalue weighted by Crippen LogP contribution is 2.40. The monoisotopic (exact) mass is 743 g/mol. The summed E-state index contributed by atoms with van der Waals surface area (Å²) in [6, 6.07) is 0.170. The van der Waals surface area contributed by atoms with Crippen LogP contribution in [0.5, 0.6) is 0 Å². The minimum atomic E-state index is -5.03. The molecule has 1 aliphatic rings. The van der Waals surface area contributed by atoms with E-state index in [0.29, 0.717) is 31.3 Å². The van der Waals surface area contributed by atoms with E-state index in [1.807, 2.05) is 4.90 Å². The molecule has 52 heavy (non-hydrogen) atoms. The molecule has 2 atom stereocenters. The van der Waals surface area contributed by atoms with E-state index in [1.165, 1.54) is 20.8 Å². The van der Waals surface area contributed by atoms with Crippen LogP contribution in [0.4, 0.5) is 35.1 Å². The topological polar surface area (TPSA) is 80.6 Å². The summed E-state index contributed by atoms with van der Waals surface area (Å²) in [4.78, 5) is 42.1. The molecule has 7 nitrogen and oxygen atoms in total. The lowest BCUT2D eigenvalue weighted by atomic mass is 9.89. The van der Waals surface area contributed by atoms with E-state index in [0.717, 1.165) is 29.3 Å². The molecule has 4 rings (SSSR count). The first-order valence-corrected chi connectivity index (χ1v) is 16.9. The lowest BCUT2D eigenvalue weighted by Gasteiger charge is -2.31. The third-order valence-corrected chi connectivity index (χ3v) is 9.01. The number of hydrogen-bond donors (Lipinski definition) is 1. The number of hydrogen-bond acceptors (Lipinski definition) is 5. The summed E-state index contributed by atoms with van der Waals surface area (Å²) in [6.45, 7) is 9.13. The molecule has 1 saturated heterocycles. The van der Waals surface area contributed by atoms with Gasteiger partial charge in [0.15, 0.2) is 0 Å². The zero-order valence-electron chi connectivity index (χ0n) is 29.4. The van der Waals surface area contributed by atoms with E-state index in [9.17, 15) is 45.1 Å². The fraction of sp³-hybridized carbons (Fsp3) is 0.486. The number of amides is 1. The Morgan fingerprint density at radius 1 is 0.942 bits per heavy atom. The van der Waals surface area contributed by atoms with Crippen LogP contribution in [0.1, 0.15) is 85.5 Å². The molecule has 3 aromatic rings. The van der Waals surface area contributed by atoms with E-state index in [2.05, 4.69) is 5.32 Å². The number of pyridine rings is 1. The van der Waals surface area contributed by atoms with Crippen LogP contribution in [0.2, 0.25) is 0 Å². The van der Waals surface area contributed by atoms with Crippen molar-refractivity contribution in [2.75, 3.05) is 26.2 Å². The maximum Gasteiger partial charge on any atom is 0.416 e. The number of esters is 1. The summed E-state index contributed by atoms with van der Waals surface area (Å²) < 4.78 is 122. The second-order valence-corrected chi connectivity index (χ2v) is 13.5. The first kappa shape index (κ1) is 40.5. The van der Waals surface area contributed by atoms with Crippen molar-refractivity contribution in [1.82, 2.24) is 14.8 Å². The van der Waals surface area contributed by atoms with Crippen LogP contribution in [-0.2, 0) is 33.1 Å². The van der Waals surface area contributed by atoms with Gasteiger partial charge in [-0.2, -0.15) is 26.3 Å². The lowest BCUT2D eigenvalue weighted by molar-refractivity contribution is -0.144. The van der Waals surface area contributed by atoms with Gasteiger partial charge in [-0.15, -0.1) is 0 Å². The Bertz CT molecular complexity index is 1820. The van der Waals surface area contributed by atoms with E-state index >= 15 is 4.39 Å². The molecule has 1 unspecified atom stereocenters. The van der Waals surface area contributed by atoms with Crippen molar-refractivity contribution in [3.8, 4) is 11.1 Å². The van der Waals surface area contributed by atoms with Gasteiger partial charge in [0.05, 0.1) is 30.2 Å². The van der Waals surface area contributed by atoms with Gasteiger partial charge in [0, 0.05) is 29.9 Å². The Labute approximate surface area is 296 Å². The van der Waals surface area contributed by atoms with Crippen LogP contribution in [-0.4, -0.2) is 47.6 Å². The summed E-state index contributed by atoms with van der Waals surface area (Å²) in [7, 11) is 0. The molecule has 0 spiro atoms. The SMILES string of the molecule is CCOC(=O)C[C@H](NC(=O)C(CC(C)C)n1cc(CCN2CCC2)c(C(F)(F)F)cc1=O)c1cc(C(F)(F)F)cc(-c2c(C)cc(F)cc2C)c1F. The average molecular weight is 744 g/mol. The normalized spacial score (nSPS) is 15.0. The Balaban J connectivity index is 1.87. The van der Waals surface area contributed by atoms with Crippen molar-refractivity contribution in [3.05, 3.63) is 91.9 Å². The van der Waals surface area contributed by atoms with Gasteiger partial charge in [-0.3, -0.25) is 14.4 Å². The van der Waals surface area contributed by atoms with Gasteiger partial charge in [-0.05, 0) is 106 Å². The third-order valence-electron chi connectivity index (χ3n) is 9.01. The van der Waals surface area contributed by atoms with Gasteiger partial charge in [-0.25, -0.2) is 8.78 Å². The molecule has 15 heteroatoms. The van der Waals surface area contributed by atoms with E-state index < -0.39 is 82.2 Å². The van der Waals surface area contributed by atoms with Gasteiger partial charge >= 0.3 is 18.3 Å². The lowest BCUT2D eigenvalue weighted by Crippen LogP contribution is -2.41. The summed E-state index contributed by atoms with van der Waals surface area (Å²) in [5.74, 6) is -4.32. The smallest absolute Gasteiger partial charge is 0.416 e. The Morgan fingerprint density at radius 2 is 1.58 bits per heavy atom. The number of carbonyl (C=O) groups excluding carboxylic acids is 2. The molecule has 0 bridgehead atoms. The molecular weight excluding hydrogens is 702 g/mol. The predicted octanol–water partition coefficient (Wildman–Crippen LogP) is 8.09. The summed E-state index contributed by atoms with van der Waals surface area (Å²) in [5, 5.41) is 2.43. The number of aryl methyl sites for hydroxylation is 2. The highest BCUT2D eigenvalue weighted by Gasteiger charge is 2.38. The second kappa shape index (κ2) is 16.2. The van der Waals surface area contributed by atoms with Crippen LogP contribution in [0, 0.1) is 31.4 Å². The Morgan fingerprint density at radius 3 is 2.10 bits per heavy atom. The molecule has 1 amide bonds. The average Bonchev–Trinajstić information content (AvgIpc) is 2.98. The Kier molecular flexibility index (Phi) is 12.6. The number of halogens is 8. The summed E-state index contributed by atoms with van der Waals surface area (Å²) in [5.41, 5.74) is -4.96. The molecule has 284 valence electrons. The number of alkyl halides is 6. The van der Waals surface area contributed by atoms with Crippen molar-refractivity contribution < 1.29 is 49.4 Å². The van der Waals surface area contributed by atoms with Crippen LogP contribution in [0.3, 0.4) is 0 Å². The maximum absolute atomic E-state index is 16.6. The number of ether oxygens (including phenoxy) is 1. The fourth-order valence-electron chi connectivity index (χ4n) is 6.45. The van der Waals surface area contributed by atoms with Crippen molar-refractivity contribution in [3.63, 3.8) is 0 Å². The quantitative estimate of drug-likeness (QED) is 0.142. The number of nitrogens with zero attached hydrogens (tertiary/aromatic N) is 2. The molecule has 1 fully saturated rings. The highest BCUT2D eigenvalue weighted by molar-refractivity contribution is 5.82. The number of rotatable bonds is 13. The predicted molar refractivity (Wildman–Crippen MR) is 177 cm³/mol. The van der Waals surface area contributed by atoms with Gasteiger partial charge in [0.1, 0.15) is 17.7 Å². The van der Waals surface area contributed by atoms with Crippen LogP contribution in [0.25, 0.3) is 11.1 Å². The second-order valence-electron chi connectivity index (χ2n) is 13.5. The largest absolute Gasteiger partial charge is 0.466 e. The number of carbonyl (C=O) groups is 2. The van der Waals surface area contributed by atoms with E-state index in [4.69, 9.17) is 4.74 Å². The minimum Gasteiger partial charge on any atom is -0.466 e. The molecule has 1 aromatic heterocycles. The first-order valence-electron chi connectivity index (χ1n) is 16.9. The number of benzene rings is 2. The van der Waals surface area contributed by atoms with Crippen molar-refractivity contribution in [1.29, 1.82) is 0 Å².